The van der Waals surface area contributed by atoms with Crippen LogP contribution < -0.4 is 0 Å². The molecule has 2 aromatic heterocycles. The highest BCUT2D eigenvalue weighted by molar-refractivity contribution is 5.92. The number of rotatable bonds is 6. The molecule has 3 aromatic rings. The second-order valence-electron chi connectivity index (χ2n) is 9.32. The van der Waals surface area contributed by atoms with Crippen LogP contribution in [0.4, 0.5) is 0 Å². The summed E-state index contributed by atoms with van der Waals surface area (Å²) in [6, 6.07) is 7.71. The molecular formula is C25H31N5O4. The average molecular weight is 466 g/mol. The number of benzene rings is 1. The number of hydrogen-bond acceptors (Lipinski definition) is 7. The lowest BCUT2D eigenvalue weighted by molar-refractivity contribution is -0.132. The van der Waals surface area contributed by atoms with Crippen molar-refractivity contribution in [2.24, 2.45) is 0 Å². The summed E-state index contributed by atoms with van der Waals surface area (Å²) in [7, 11) is 0. The Bertz CT molecular complexity index is 1160. The SMILES string of the molecule is Cc1nn(C(=O)CCCC(=O)N2CCCC(c3nc(C4CCOCC4)no3)C2)c2ccccc12. The number of fused-ring (bicyclic) bond motifs is 1. The fourth-order valence-corrected chi connectivity index (χ4v) is 5.01. The van der Waals surface area contributed by atoms with Gasteiger partial charge in [0.25, 0.3) is 0 Å². The van der Waals surface area contributed by atoms with Crippen molar-refractivity contribution in [3.8, 4) is 0 Å². The Morgan fingerprint density at radius 1 is 1.06 bits per heavy atom. The summed E-state index contributed by atoms with van der Waals surface area (Å²) in [4.78, 5) is 32.2. The summed E-state index contributed by atoms with van der Waals surface area (Å²) in [5.74, 6) is 1.75. The summed E-state index contributed by atoms with van der Waals surface area (Å²) in [5, 5.41) is 9.59. The lowest BCUT2D eigenvalue weighted by Crippen LogP contribution is -2.39. The van der Waals surface area contributed by atoms with Gasteiger partial charge < -0.3 is 14.2 Å². The van der Waals surface area contributed by atoms with Gasteiger partial charge in [-0.15, -0.1) is 0 Å². The predicted molar refractivity (Wildman–Crippen MR) is 125 cm³/mol. The highest BCUT2D eigenvalue weighted by atomic mass is 16.5. The average Bonchev–Trinajstić information content (AvgIpc) is 3.50. The molecule has 5 rings (SSSR count). The number of piperidine rings is 1. The summed E-state index contributed by atoms with van der Waals surface area (Å²) < 4.78 is 12.5. The molecule has 1 atom stereocenters. The molecule has 2 fully saturated rings. The van der Waals surface area contributed by atoms with Crippen molar-refractivity contribution < 1.29 is 18.8 Å². The van der Waals surface area contributed by atoms with Crippen LogP contribution in [0.25, 0.3) is 10.9 Å². The molecule has 0 N–H and O–H groups in total. The Hall–Kier alpha value is -3.07. The standard InChI is InChI=1S/C25H31N5O4/c1-17-20-7-2-3-8-21(20)30(27-17)23(32)10-4-9-22(31)29-13-5-6-19(16-29)25-26-24(28-34-25)18-11-14-33-15-12-18/h2-3,7-8,18-19H,4-6,9-16H2,1H3. The third-order valence-corrected chi connectivity index (χ3v) is 6.96. The van der Waals surface area contributed by atoms with Gasteiger partial charge in [0.05, 0.1) is 17.1 Å². The Balaban J connectivity index is 1.14. The zero-order chi connectivity index (χ0) is 23.5. The number of ether oxygens (including phenoxy) is 1. The molecule has 1 aromatic carbocycles. The molecule has 9 heteroatoms. The van der Waals surface area contributed by atoms with Crippen LogP contribution in [-0.4, -0.2) is 62.9 Å². The van der Waals surface area contributed by atoms with Gasteiger partial charge in [-0.25, -0.2) is 0 Å². The lowest BCUT2D eigenvalue weighted by atomic mass is 9.97. The normalized spacial score (nSPS) is 19.6. The molecule has 34 heavy (non-hydrogen) atoms. The van der Waals surface area contributed by atoms with Gasteiger partial charge in [0.2, 0.25) is 17.7 Å². The van der Waals surface area contributed by atoms with Gasteiger partial charge in [-0.2, -0.15) is 14.8 Å². The van der Waals surface area contributed by atoms with Crippen LogP contribution in [-0.2, 0) is 9.53 Å². The highest BCUT2D eigenvalue weighted by Crippen LogP contribution is 2.30. The Morgan fingerprint density at radius 2 is 1.85 bits per heavy atom. The van der Waals surface area contributed by atoms with E-state index in [1.54, 1.807) is 0 Å². The van der Waals surface area contributed by atoms with E-state index < -0.39 is 0 Å². The van der Waals surface area contributed by atoms with Crippen molar-refractivity contribution >= 4 is 22.7 Å². The lowest BCUT2D eigenvalue weighted by Gasteiger charge is -2.31. The van der Waals surface area contributed by atoms with Crippen LogP contribution in [0.3, 0.4) is 0 Å². The number of likely N-dealkylation sites (tertiary alicyclic amines) is 1. The first-order valence-electron chi connectivity index (χ1n) is 12.3. The van der Waals surface area contributed by atoms with Gasteiger partial charge in [-0.1, -0.05) is 23.4 Å². The maximum Gasteiger partial charge on any atom is 0.247 e. The smallest absolute Gasteiger partial charge is 0.247 e. The van der Waals surface area contributed by atoms with Gasteiger partial charge >= 0.3 is 0 Å². The van der Waals surface area contributed by atoms with Crippen LogP contribution in [0.5, 0.6) is 0 Å². The molecule has 1 amide bonds. The highest BCUT2D eigenvalue weighted by Gasteiger charge is 2.30. The van der Waals surface area contributed by atoms with E-state index in [-0.39, 0.29) is 24.2 Å². The molecule has 2 aliphatic heterocycles. The number of carbonyl (C=O) groups excluding carboxylic acids is 2. The van der Waals surface area contributed by atoms with Crippen LogP contribution >= 0.6 is 0 Å². The van der Waals surface area contributed by atoms with Gasteiger partial charge in [0.1, 0.15) is 0 Å². The van der Waals surface area contributed by atoms with E-state index in [2.05, 4.69) is 15.2 Å². The molecule has 0 radical (unpaired) electrons. The first-order valence-corrected chi connectivity index (χ1v) is 12.3. The van der Waals surface area contributed by atoms with Crippen molar-refractivity contribution in [1.29, 1.82) is 0 Å². The number of amides is 1. The minimum absolute atomic E-state index is 0.0684. The van der Waals surface area contributed by atoms with E-state index in [9.17, 15) is 9.59 Å². The summed E-state index contributed by atoms with van der Waals surface area (Å²) in [6.45, 7) is 4.69. The molecule has 0 spiro atoms. The minimum atomic E-state index is -0.0832. The third-order valence-electron chi connectivity index (χ3n) is 6.96. The van der Waals surface area contributed by atoms with Crippen LogP contribution in [0.15, 0.2) is 28.8 Å². The summed E-state index contributed by atoms with van der Waals surface area (Å²) in [5.41, 5.74) is 1.65. The predicted octanol–water partition coefficient (Wildman–Crippen LogP) is 3.84. The van der Waals surface area contributed by atoms with Gasteiger partial charge in [-0.3, -0.25) is 9.59 Å². The van der Waals surface area contributed by atoms with Crippen molar-refractivity contribution in [2.45, 2.75) is 63.7 Å². The molecule has 9 nitrogen and oxygen atoms in total. The number of nitrogens with zero attached hydrogens (tertiary/aromatic N) is 5. The van der Waals surface area contributed by atoms with Crippen molar-refractivity contribution in [1.82, 2.24) is 24.8 Å². The van der Waals surface area contributed by atoms with Crippen LogP contribution in [0.2, 0.25) is 0 Å². The van der Waals surface area contributed by atoms with Crippen LogP contribution in [0, 0.1) is 6.92 Å². The monoisotopic (exact) mass is 465 g/mol. The first kappa shape index (κ1) is 22.7. The maximum absolute atomic E-state index is 12.9. The number of aromatic nitrogens is 4. The summed E-state index contributed by atoms with van der Waals surface area (Å²) in [6.07, 6.45) is 4.80. The Morgan fingerprint density at radius 3 is 2.71 bits per heavy atom. The topological polar surface area (TPSA) is 103 Å². The van der Waals surface area contributed by atoms with Crippen molar-refractivity contribution in [3.05, 3.63) is 41.7 Å². The number of para-hydroxylation sites is 1. The van der Waals surface area contributed by atoms with E-state index in [0.717, 1.165) is 67.9 Å². The second kappa shape index (κ2) is 10.0. The van der Waals surface area contributed by atoms with Gasteiger partial charge in [0.15, 0.2) is 5.82 Å². The van der Waals surface area contributed by atoms with E-state index in [4.69, 9.17) is 9.26 Å². The maximum atomic E-state index is 12.9. The molecule has 0 bridgehead atoms. The zero-order valence-electron chi connectivity index (χ0n) is 19.6. The van der Waals surface area contributed by atoms with E-state index in [0.29, 0.717) is 31.2 Å². The number of hydrogen-bond donors (Lipinski definition) is 0. The second-order valence-corrected chi connectivity index (χ2v) is 9.32. The zero-order valence-corrected chi connectivity index (χ0v) is 19.6. The molecule has 2 saturated heterocycles. The van der Waals surface area contributed by atoms with Gasteiger partial charge in [-0.05, 0) is 45.1 Å². The number of carbonyl (C=O) groups is 2. The van der Waals surface area contributed by atoms with E-state index in [1.165, 1.54) is 4.68 Å². The molecule has 1 unspecified atom stereocenters. The number of aryl methyl sites for hydroxylation is 1. The van der Waals surface area contributed by atoms with E-state index in [1.807, 2.05) is 36.1 Å². The minimum Gasteiger partial charge on any atom is -0.381 e. The van der Waals surface area contributed by atoms with Crippen LogP contribution in [0.1, 0.15) is 79.0 Å². The largest absolute Gasteiger partial charge is 0.381 e. The van der Waals surface area contributed by atoms with Gasteiger partial charge in [0, 0.05) is 50.4 Å². The molecule has 180 valence electrons. The molecule has 0 saturated carbocycles. The third kappa shape index (κ3) is 4.75. The van der Waals surface area contributed by atoms with Crippen molar-refractivity contribution in [2.75, 3.05) is 26.3 Å². The van der Waals surface area contributed by atoms with E-state index >= 15 is 0 Å². The van der Waals surface area contributed by atoms with Crippen molar-refractivity contribution in [3.63, 3.8) is 0 Å². The summed E-state index contributed by atoms with van der Waals surface area (Å²) >= 11 is 0. The molecule has 4 heterocycles. The first-order chi connectivity index (χ1) is 16.6. The molecule has 0 aliphatic carbocycles. The Labute approximate surface area is 198 Å². The molecule has 2 aliphatic rings. The quantitative estimate of drug-likeness (QED) is 0.545. The molecular weight excluding hydrogens is 434 g/mol. The fourth-order valence-electron chi connectivity index (χ4n) is 5.01. The fraction of sp³-hybridized carbons (Fsp3) is 0.560. The Kier molecular flexibility index (Phi) is 6.71.